The summed E-state index contributed by atoms with van der Waals surface area (Å²) in [7, 11) is 0. The zero-order valence-electron chi connectivity index (χ0n) is 11.2. The monoisotopic (exact) mass is 285 g/mol. The summed E-state index contributed by atoms with van der Waals surface area (Å²) in [5, 5.41) is 9.77. The minimum atomic E-state index is -1.77. The Bertz CT molecular complexity index is 586. The van der Waals surface area contributed by atoms with E-state index in [4.69, 9.17) is 10.5 Å². The van der Waals surface area contributed by atoms with Crippen molar-refractivity contribution >= 4 is 11.9 Å². The first-order valence-corrected chi connectivity index (χ1v) is 6.34. The Kier molecular flexibility index (Phi) is 4.35. The fraction of sp³-hybridized carbons (Fsp3) is 0.125. The average Bonchev–Trinajstić information content (AvgIpc) is 2.49. The van der Waals surface area contributed by atoms with Crippen LogP contribution in [-0.2, 0) is 19.9 Å². The molecule has 0 unspecified atom stereocenters. The molecule has 5 heteroatoms. The molecule has 0 aliphatic heterocycles. The number of hydrogen-bond acceptors (Lipinski definition) is 3. The van der Waals surface area contributed by atoms with Crippen molar-refractivity contribution in [2.45, 2.75) is 5.60 Å². The van der Waals surface area contributed by atoms with Crippen molar-refractivity contribution in [3.05, 3.63) is 71.8 Å². The van der Waals surface area contributed by atoms with Gasteiger partial charge < -0.3 is 15.6 Å². The van der Waals surface area contributed by atoms with Crippen LogP contribution in [0.4, 0.5) is 0 Å². The van der Waals surface area contributed by atoms with E-state index in [1.54, 1.807) is 60.7 Å². The number of nitrogens with two attached hydrogens (primary N) is 1. The molecule has 0 saturated carbocycles. The second-order valence-electron chi connectivity index (χ2n) is 4.47. The fourth-order valence-corrected chi connectivity index (χ4v) is 2.17. The van der Waals surface area contributed by atoms with E-state index in [1.165, 1.54) is 0 Å². The van der Waals surface area contributed by atoms with Crippen LogP contribution >= 0.6 is 0 Å². The molecule has 0 heterocycles. The summed E-state index contributed by atoms with van der Waals surface area (Å²) in [5.74, 6) is -1.94. The summed E-state index contributed by atoms with van der Waals surface area (Å²) in [5.41, 5.74) is 4.18. The van der Waals surface area contributed by atoms with Crippen LogP contribution in [0, 0.1) is 0 Å². The number of carboxylic acids is 1. The van der Waals surface area contributed by atoms with Crippen LogP contribution < -0.4 is 5.73 Å². The van der Waals surface area contributed by atoms with Gasteiger partial charge in [0.1, 0.15) is 6.61 Å². The largest absolute Gasteiger partial charge is 0.479 e. The van der Waals surface area contributed by atoms with Crippen LogP contribution in [0.2, 0.25) is 0 Å². The van der Waals surface area contributed by atoms with E-state index < -0.39 is 24.1 Å². The highest BCUT2D eigenvalue weighted by Crippen LogP contribution is 2.34. The number of carboxylic acid groups (broad SMARTS) is 1. The summed E-state index contributed by atoms with van der Waals surface area (Å²) in [6, 6.07) is 17.0. The first kappa shape index (κ1) is 14.7. The molecule has 0 aromatic heterocycles. The van der Waals surface area contributed by atoms with Gasteiger partial charge in [-0.1, -0.05) is 60.7 Å². The molecule has 0 fully saturated rings. The van der Waals surface area contributed by atoms with E-state index in [1.807, 2.05) is 0 Å². The SMILES string of the molecule is NC(=O)COC(C(=O)O)(c1ccccc1)c1ccccc1. The lowest BCUT2D eigenvalue weighted by Crippen LogP contribution is -2.42. The summed E-state index contributed by atoms with van der Waals surface area (Å²) in [6.45, 7) is -0.490. The molecule has 5 nitrogen and oxygen atoms in total. The molecule has 0 saturated heterocycles. The number of ether oxygens (including phenoxy) is 1. The predicted octanol–water partition coefficient (Wildman–Crippen LogP) is 1.52. The van der Waals surface area contributed by atoms with Crippen molar-refractivity contribution in [2.75, 3.05) is 6.61 Å². The van der Waals surface area contributed by atoms with Gasteiger partial charge in [-0.25, -0.2) is 4.79 Å². The highest BCUT2D eigenvalue weighted by molar-refractivity contribution is 5.85. The van der Waals surface area contributed by atoms with E-state index in [0.717, 1.165) is 0 Å². The first-order valence-electron chi connectivity index (χ1n) is 6.34. The third-order valence-electron chi connectivity index (χ3n) is 3.09. The van der Waals surface area contributed by atoms with Crippen LogP contribution in [-0.4, -0.2) is 23.6 Å². The zero-order valence-corrected chi connectivity index (χ0v) is 11.2. The third-order valence-corrected chi connectivity index (χ3v) is 3.09. The van der Waals surface area contributed by atoms with Crippen molar-refractivity contribution in [1.29, 1.82) is 0 Å². The number of carbonyl (C=O) groups is 2. The molecule has 1 amide bonds. The number of amides is 1. The molecule has 2 rings (SSSR count). The Hall–Kier alpha value is -2.66. The standard InChI is InChI=1S/C16H15NO4/c17-14(18)11-21-16(15(19)20,12-7-3-1-4-8-12)13-9-5-2-6-10-13/h1-10H,11H2,(H2,17,18)(H,19,20). The van der Waals surface area contributed by atoms with Crippen LogP contribution in [0.1, 0.15) is 11.1 Å². The molecule has 0 bridgehead atoms. The molecule has 21 heavy (non-hydrogen) atoms. The van der Waals surface area contributed by atoms with E-state index in [0.29, 0.717) is 11.1 Å². The quantitative estimate of drug-likeness (QED) is 0.842. The summed E-state index contributed by atoms with van der Waals surface area (Å²) in [4.78, 5) is 23.0. The molecular formula is C16H15NO4. The van der Waals surface area contributed by atoms with Crippen LogP contribution in [0.3, 0.4) is 0 Å². The van der Waals surface area contributed by atoms with Gasteiger partial charge in [0, 0.05) is 0 Å². The van der Waals surface area contributed by atoms with Crippen molar-refractivity contribution in [1.82, 2.24) is 0 Å². The van der Waals surface area contributed by atoms with Crippen molar-refractivity contribution < 1.29 is 19.4 Å². The minimum absolute atomic E-state index is 0.421. The predicted molar refractivity (Wildman–Crippen MR) is 76.4 cm³/mol. The smallest absolute Gasteiger partial charge is 0.345 e. The summed E-state index contributed by atoms with van der Waals surface area (Å²) >= 11 is 0. The van der Waals surface area contributed by atoms with E-state index in [-0.39, 0.29) is 0 Å². The summed E-state index contributed by atoms with van der Waals surface area (Å²) < 4.78 is 5.45. The Morgan fingerprint density at radius 3 is 1.71 bits per heavy atom. The Morgan fingerprint density at radius 2 is 1.38 bits per heavy atom. The fourth-order valence-electron chi connectivity index (χ4n) is 2.17. The van der Waals surface area contributed by atoms with E-state index in [9.17, 15) is 14.7 Å². The molecule has 0 aliphatic rings. The number of carbonyl (C=O) groups excluding carboxylic acids is 1. The minimum Gasteiger partial charge on any atom is -0.479 e. The number of hydrogen-bond donors (Lipinski definition) is 2. The van der Waals surface area contributed by atoms with Gasteiger partial charge in [0.25, 0.3) is 0 Å². The van der Waals surface area contributed by atoms with Gasteiger partial charge >= 0.3 is 5.97 Å². The second-order valence-corrected chi connectivity index (χ2v) is 4.47. The molecular weight excluding hydrogens is 270 g/mol. The zero-order chi connectivity index (χ0) is 15.3. The van der Waals surface area contributed by atoms with Crippen LogP contribution in [0.25, 0.3) is 0 Å². The molecule has 0 atom stereocenters. The van der Waals surface area contributed by atoms with E-state index >= 15 is 0 Å². The topological polar surface area (TPSA) is 89.6 Å². The lowest BCUT2D eigenvalue weighted by atomic mass is 9.86. The van der Waals surface area contributed by atoms with Gasteiger partial charge in [-0.05, 0) is 11.1 Å². The van der Waals surface area contributed by atoms with Gasteiger partial charge in [-0.15, -0.1) is 0 Å². The number of rotatable bonds is 6. The van der Waals surface area contributed by atoms with Crippen molar-refractivity contribution in [3.63, 3.8) is 0 Å². The molecule has 2 aromatic rings. The highest BCUT2D eigenvalue weighted by Gasteiger charge is 2.44. The van der Waals surface area contributed by atoms with Gasteiger partial charge in [0.15, 0.2) is 0 Å². The lowest BCUT2D eigenvalue weighted by Gasteiger charge is -2.30. The lowest BCUT2D eigenvalue weighted by molar-refractivity contribution is -0.163. The molecule has 108 valence electrons. The molecule has 2 aromatic carbocycles. The van der Waals surface area contributed by atoms with Gasteiger partial charge in [0.05, 0.1) is 0 Å². The highest BCUT2D eigenvalue weighted by atomic mass is 16.5. The number of benzene rings is 2. The molecule has 0 spiro atoms. The Labute approximate surface area is 122 Å². The van der Waals surface area contributed by atoms with Gasteiger partial charge in [0.2, 0.25) is 11.5 Å². The maximum atomic E-state index is 12.0. The average molecular weight is 285 g/mol. The molecule has 3 N–H and O–H groups in total. The maximum Gasteiger partial charge on any atom is 0.345 e. The van der Waals surface area contributed by atoms with Gasteiger partial charge in [-0.2, -0.15) is 0 Å². The van der Waals surface area contributed by atoms with Crippen molar-refractivity contribution in [3.8, 4) is 0 Å². The Balaban J connectivity index is 2.60. The third kappa shape index (κ3) is 2.93. The second kappa shape index (κ2) is 6.19. The summed E-state index contributed by atoms with van der Waals surface area (Å²) in [6.07, 6.45) is 0. The molecule has 0 radical (unpaired) electrons. The normalized spacial score (nSPS) is 11.0. The first-order chi connectivity index (χ1) is 10.1. The number of primary amides is 1. The van der Waals surface area contributed by atoms with E-state index in [2.05, 4.69) is 0 Å². The van der Waals surface area contributed by atoms with Crippen LogP contribution in [0.5, 0.6) is 0 Å². The maximum absolute atomic E-state index is 12.0. The van der Waals surface area contributed by atoms with Crippen molar-refractivity contribution in [2.24, 2.45) is 5.73 Å². The Morgan fingerprint density at radius 1 is 0.952 bits per heavy atom. The molecule has 0 aliphatic carbocycles. The van der Waals surface area contributed by atoms with Gasteiger partial charge in [-0.3, -0.25) is 4.79 Å². The number of aliphatic carboxylic acids is 1. The van der Waals surface area contributed by atoms with Crippen LogP contribution in [0.15, 0.2) is 60.7 Å².